The van der Waals surface area contributed by atoms with E-state index in [2.05, 4.69) is 4.98 Å². The average molecular weight is 281 g/mol. The van der Waals surface area contributed by atoms with E-state index in [1.165, 1.54) is 6.08 Å². The van der Waals surface area contributed by atoms with E-state index in [0.717, 1.165) is 0 Å². The maximum absolute atomic E-state index is 12.2. The summed E-state index contributed by atoms with van der Waals surface area (Å²) in [5, 5.41) is 0.686. The first-order valence-electron chi connectivity index (χ1n) is 6.24. The van der Waals surface area contributed by atoms with Gasteiger partial charge in [-0.05, 0) is 24.3 Å². The minimum Gasteiger partial charge on any atom is -0.369 e. The molecule has 1 aliphatic rings. The second kappa shape index (κ2) is 4.52. The Hall–Kier alpha value is -3.02. The van der Waals surface area contributed by atoms with Crippen molar-refractivity contribution >= 4 is 34.6 Å². The van der Waals surface area contributed by atoms with Crippen molar-refractivity contribution in [1.29, 1.82) is 0 Å². The van der Waals surface area contributed by atoms with Crippen LogP contribution >= 0.6 is 0 Å². The van der Waals surface area contributed by atoms with Gasteiger partial charge in [0.15, 0.2) is 5.78 Å². The molecule has 2 aromatic rings. The summed E-state index contributed by atoms with van der Waals surface area (Å²) in [4.78, 5) is 39.0. The lowest BCUT2D eigenvalue weighted by atomic mass is 9.89. The number of aromatic nitrogens is 1. The van der Waals surface area contributed by atoms with E-state index in [-0.39, 0.29) is 5.78 Å². The highest BCUT2D eigenvalue weighted by Gasteiger charge is 2.28. The van der Waals surface area contributed by atoms with E-state index in [0.29, 0.717) is 27.7 Å². The zero-order chi connectivity index (χ0) is 15.1. The van der Waals surface area contributed by atoms with Gasteiger partial charge in [0, 0.05) is 16.5 Å². The molecule has 0 spiro atoms. The van der Waals surface area contributed by atoms with Crippen molar-refractivity contribution in [2.24, 2.45) is 17.4 Å². The van der Waals surface area contributed by atoms with E-state index in [1.807, 2.05) is 0 Å². The average Bonchev–Trinajstić information content (AvgIpc) is 2.45. The van der Waals surface area contributed by atoms with Crippen LogP contribution in [0.4, 0.5) is 0 Å². The van der Waals surface area contributed by atoms with Crippen molar-refractivity contribution in [3.63, 3.8) is 0 Å². The molecule has 1 aromatic heterocycles. The molecule has 0 fully saturated rings. The number of ketones is 1. The number of nitrogens with two attached hydrogens (primary N) is 2. The Morgan fingerprint density at radius 1 is 1.14 bits per heavy atom. The topological polar surface area (TPSA) is 116 Å². The molecule has 6 heteroatoms. The molecule has 2 amide bonds. The van der Waals surface area contributed by atoms with Gasteiger partial charge >= 0.3 is 0 Å². The van der Waals surface area contributed by atoms with Crippen LogP contribution in [0.3, 0.4) is 0 Å². The number of carbonyl (C=O) groups is 3. The van der Waals surface area contributed by atoms with Gasteiger partial charge in [0.1, 0.15) is 5.92 Å². The van der Waals surface area contributed by atoms with Gasteiger partial charge in [0.05, 0.1) is 11.2 Å². The van der Waals surface area contributed by atoms with Crippen LogP contribution in [0.15, 0.2) is 30.3 Å². The van der Waals surface area contributed by atoms with E-state index >= 15 is 0 Å². The first kappa shape index (κ1) is 13.0. The quantitative estimate of drug-likeness (QED) is 0.786. The number of pyridine rings is 1. The summed E-state index contributed by atoms with van der Waals surface area (Å²) in [5.41, 5.74) is 12.1. The zero-order valence-corrected chi connectivity index (χ0v) is 10.9. The van der Waals surface area contributed by atoms with E-state index in [9.17, 15) is 14.4 Å². The number of nitrogens with zero attached hydrogens (tertiary/aromatic N) is 1. The van der Waals surface area contributed by atoms with Crippen LogP contribution < -0.4 is 11.5 Å². The van der Waals surface area contributed by atoms with E-state index in [1.54, 1.807) is 30.3 Å². The second-order valence-electron chi connectivity index (χ2n) is 4.80. The summed E-state index contributed by atoms with van der Waals surface area (Å²) in [6.45, 7) is 0. The fraction of sp³-hybridized carbons (Fsp3) is 0.0667. The minimum absolute atomic E-state index is 0.344. The van der Waals surface area contributed by atoms with Crippen molar-refractivity contribution in [3.05, 3.63) is 47.2 Å². The summed E-state index contributed by atoms with van der Waals surface area (Å²) in [6.07, 6.45) is 3.02. The molecule has 104 valence electrons. The molecule has 0 radical (unpaired) electrons. The molecular formula is C15H11N3O3. The predicted molar refractivity (Wildman–Crippen MR) is 76.3 cm³/mol. The highest BCUT2D eigenvalue weighted by molar-refractivity contribution is 6.15. The van der Waals surface area contributed by atoms with Crippen LogP contribution in [0.25, 0.3) is 17.0 Å². The molecule has 6 nitrogen and oxygen atoms in total. The van der Waals surface area contributed by atoms with E-state index in [4.69, 9.17) is 11.5 Å². The standard InChI is InChI=1S/C15H11N3O3/c16-14(20)8-2-1-7-5-10-11(18-12(7)6-8)4-3-9(13(10)19)15(17)21/h1-6,9H,(H2,16,20)(H2,17,21). The van der Waals surface area contributed by atoms with Crippen molar-refractivity contribution in [1.82, 2.24) is 4.98 Å². The fourth-order valence-corrected chi connectivity index (χ4v) is 2.33. The molecule has 0 saturated carbocycles. The Morgan fingerprint density at radius 3 is 2.57 bits per heavy atom. The monoisotopic (exact) mass is 281 g/mol. The molecule has 0 aliphatic heterocycles. The summed E-state index contributed by atoms with van der Waals surface area (Å²) < 4.78 is 0. The van der Waals surface area contributed by atoms with Crippen LogP contribution in [0.1, 0.15) is 26.4 Å². The molecule has 0 saturated heterocycles. The maximum atomic E-state index is 12.2. The Kier molecular flexibility index (Phi) is 2.79. The molecule has 1 atom stereocenters. The third-order valence-corrected chi connectivity index (χ3v) is 3.43. The van der Waals surface area contributed by atoms with Gasteiger partial charge in [-0.25, -0.2) is 4.98 Å². The summed E-state index contributed by atoms with van der Waals surface area (Å²) >= 11 is 0. The molecule has 21 heavy (non-hydrogen) atoms. The molecule has 1 aromatic carbocycles. The summed E-state index contributed by atoms with van der Waals surface area (Å²) in [5.74, 6) is -2.56. The van der Waals surface area contributed by atoms with Gasteiger partial charge in [0.2, 0.25) is 11.8 Å². The van der Waals surface area contributed by atoms with Crippen molar-refractivity contribution in [3.8, 4) is 0 Å². The number of fused-ring (bicyclic) bond motifs is 2. The highest BCUT2D eigenvalue weighted by atomic mass is 16.2. The van der Waals surface area contributed by atoms with Crippen LogP contribution in [0.5, 0.6) is 0 Å². The Balaban J connectivity index is 2.19. The Morgan fingerprint density at radius 2 is 1.90 bits per heavy atom. The third-order valence-electron chi connectivity index (χ3n) is 3.43. The Bertz CT molecular complexity index is 839. The maximum Gasteiger partial charge on any atom is 0.248 e. The lowest BCUT2D eigenvalue weighted by Gasteiger charge is -2.15. The van der Waals surface area contributed by atoms with Crippen LogP contribution in [0, 0.1) is 5.92 Å². The number of amides is 2. The Labute approximate surface area is 119 Å². The molecule has 4 N–H and O–H groups in total. The van der Waals surface area contributed by atoms with Crippen LogP contribution in [0.2, 0.25) is 0 Å². The molecule has 1 heterocycles. The molecule has 1 unspecified atom stereocenters. The predicted octanol–water partition coefficient (Wildman–Crippen LogP) is 0.645. The summed E-state index contributed by atoms with van der Waals surface area (Å²) in [6, 6.07) is 6.43. The number of Topliss-reactive ketones (excluding diaryl/α,β-unsaturated/α-hetero) is 1. The second-order valence-corrected chi connectivity index (χ2v) is 4.80. The van der Waals surface area contributed by atoms with Gasteiger partial charge in [-0.2, -0.15) is 0 Å². The first-order valence-corrected chi connectivity index (χ1v) is 6.24. The van der Waals surface area contributed by atoms with Crippen molar-refractivity contribution in [2.45, 2.75) is 0 Å². The SMILES string of the molecule is NC(=O)c1ccc2cc3c(nc2c1)C=CC(C(N)=O)C3=O. The van der Waals surface area contributed by atoms with Crippen molar-refractivity contribution < 1.29 is 14.4 Å². The van der Waals surface area contributed by atoms with E-state index < -0.39 is 17.7 Å². The smallest absolute Gasteiger partial charge is 0.248 e. The first-order chi connectivity index (χ1) is 9.97. The normalized spacial score (nSPS) is 16.8. The third kappa shape index (κ3) is 2.06. The van der Waals surface area contributed by atoms with Crippen molar-refractivity contribution in [2.75, 3.05) is 0 Å². The van der Waals surface area contributed by atoms with Crippen LogP contribution in [-0.4, -0.2) is 22.6 Å². The number of benzene rings is 1. The number of hydrogen-bond donors (Lipinski definition) is 2. The number of rotatable bonds is 2. The van der Waals surface area contributed by atoms with Gasteiger partial charge < -0.3 is 11.5 Å². The molecular weight excluding hydrogens is 270 g/mol. The molecule has 1 aliphatic carbocycles. The van der Waals surface area contributed by atoms with Gasteiger partial charge in [-0.3, -0.25) is 14.4 Å². The van der Waals surface area contributed by atoms with Gasteiger partial charge in [0.25, 0.3) is 0 Å². The fourth-order valence-electron chi connectivity index (χ4n) is 2.33. The largest absolute Gasteiger partial charge is 0.369 e. The minimum atomic E-state index is -0.957. The molecule has 3 rings (SSSR count). The lowest BCUT2D eigenvalue weighted by Crippen LogP contribution is -2.31. The zero-order valence-electron chi connectivity index (χ0n) is 10.9. The molecule has 0 bridgehead atoms. The van der Waals surface area contributed by atoms with Gasteiger partial charge in [-0.1, -0.05) is 12.1 Å². The highest BCUT2D eigenvalue weighted by Crippen LogP contribution is 2.25. The number of carbonyl (C=O) groups excluding carboxylic acids is 3. The van der Waals surface area contributed by atoms with Crippen LogP contribution in [-0.2, 0) is 4.79 Å². The lowest BCUT2D eigenvalue weighted by molar-refractivity contribution is -0.119. The number of primary amides is 2. The summed E-state index contributed by atoms with van der Waals surface area (Å²) in [7, 11) is 0. The number of hydrogen-bond acceptors (Lipinski definition) is 4. The van der Waals surface area contributed by atoms with Gasteiger partial charge in [-0.15, -0.1) is 0 Å².